The van der Waals surface area contributed by atoms with E-state index in [0.29, 0.717) is 23.9 Å². The molecule has 0 fully saturated rings. The lowest BCUT2D eigenvalue weighted by Crippen LogP contribution is -2.53. The molecule has 2 heterocycles. The Hall–Kier alpha value is -2.09. The molecule has 1 aliphatic rings. The van der Waals surface area contributed by atoms with Crippen molar-refractivity contribution < 1.29 is 19.1 Å². The lowest BCUT2D eigenvalue weighted by atomic mass is 10.00. The molecule has 0 saturated heterocycles. The summed E-state index contributed by atoms with van der Waals surface area (Å²) in [5.41, 5.74) is 1.56. The third-order valence-electron chi connectivity index (χ3n) is 5.62. The number of hydrogen-bond acceptors (Lipinski definition) is 5. The number of nitrogens with zero attached hydrogens (tertiary/aromatic N) is 2. The van der Waals surface area contributed by atoms with Crippen molar-refractivity contribution in [1.82, 2.24) is 9.80 Å². The maximum Gasteiger partial charge on any atom is 0.249 e. The molecular formula is C24H31ClN2O4S. The molecule has 2 aromatic rings. The van der Waals surface area contributed by atoms with Crippen LogP contribution in [0.2, 0.25) is 5.02 Å². The zero-order chi connectivity index (χ0) is 23.5. The first-order chi connectivity index (χ1) is 15.1. The molecule has 0 radical (unpaired) electrons. The summed E-state index contributed by atoms with van der Waals surface area (Å²) in [6.07, 6.45) is 0.802. The number of ether oxygens (including phenoxy) is 2. The van der Waals surface area contributed by atoms with Gasteiger partial charge in [-0.15, -0.1) is 11.3 Å². The molecule has 2 amide bonds. The van der Waals surface area contributed by atoms with Gasteiger partial charge in [-0.2, -0.15) is 0 Å². The van der Waals surface area contributed by atoms with Crippen molar-refractivity contribution in [2.45, 2.75) is 45.7 Å². The number of rotatable bonds is 7. The van der Waals surface area contributed by atoms with Crippen LogP contribution in [0.1, 0.15) is 42.8 Å². The first-order valence-electron chi connectivity index (χ1n) is 10.7. The van der Waals surface area contributed by atoms with Crippen molar-refractivity contribution in [3.05, 3.63) is 50.7 Å². The van der Waals surface area contributed by atoms with Crippen molar-refractivity contribution in [3.8, 4) is 5.75 Å². The summed E-state index contributed by atoms with van der Waals surface area (Å²) in [5, 5.41) is 2.75. The average Bonchev–Trinajstić information content (AvgIpc) is 3.20. The van der Waals surface area contributed by atoms with E-state index in [1.165, 1.54) is 12.0 Å². The summed E-state index contributed by atoms with van der Waals surface area (Å²) in [7, 11) is 1.48. The Labute approximate surface area is 199 Å². The molecule has 1 aromatic carbocycles. The Morgan fingerprint density at radius 1 is 1.28 bits per heavy atom. The van der Waals surface area contributed by atoms with E-state index in [9.17, 15) is 9.59 Å². The Morgan fingerprint density at radius 3 is 2.69 bits per heavy atom. The highest BCUT2D eigenvalue weighted by Gasteiger charge is 2.35. The van der Waals surface area contributed by atoms with E-state index >= 15 is 0 Å². The molecular weight excluding hydrogens is 448 g/mol. The molecule has 1 atom stereocenters. The minimum absolute atomic E-state index is 0.00170. The third-order valence-corrected chi connectivity index (χ3v) is 7.05. The lowest BCUT2D eigenvalue weighted by molar-refractivity contribution is -0.148. The third kappa shape index (κ3) is 5.63. The van der Waals surface area contributed by atoms with E-state index in [2.05, 4.69) is 11.4 Å². The van der Waals surface area contributed by atoms with Gasteiger partial charge >= 0.3 is 0 Å². The molecule has 0 saturated carbocycles. The monoisotopic (exact) mass is 478 g/mol. The summed E-state index contributed by atoms with van der Waals surface area (Å²) in [4.78, 5) is 30.8. The summed E-state index contributed by atoms with van der Waals surface area (Å²) in [5.74, 6) is 0.418. The van der Waals surface area contributed by atoms with Crippen LogP contribution >= 0.6 is 22.9 Å². The summed E-state index contributed by atoms with van der Waals surface area (Å²) < 4.78 is 11.1. The van der Waals surface area contributed by atoms with Gasteiger partial charge in [0, 0.05) is 29.1 Å². The molecule has 1 aliphatic heterocycles. The quantitative estimate of drug-likeness (QED) is 0.588. The second-order valence-electron chi connectivity index (χ2n) is 8.96. The SMILES string of the molecule is COCC(=O)N(CC(=O)N1CCc2sccc2[C@@H]1COc1ccc(Cl)c(C)c1)C(C)(C)C. The van der Waals surface area contributed by atoms with Crippen LogP contribution in [0.3, 0.4) is 0 Å². The minimum Gasteiger partial charge on any atom is -0.491 e. The minimum atomic E-state index is -0.499. The van der Waals surface area contributed by atoms with Gasteiger partial charge in [-0.3, -0.25) is 9.59 Å². The van der Waals surface area contributed by atoms with E-state index in [0.717, 1.165) is 17.5 Å². The molecule has 0 bridgehead atoms. The second-order valence-corrected chi connectivity index (χ2v) is 10.4. The number of methoxy groups -OCH3 is 1. The van der Waals surface area contributed by atoms with Crippen LogP contribution in [-0.4, -0.2) is 60.6 Å². The van der Waals surface area contributed by atoms with Crippen LogP contribution in [0, 0.1) is 6.92 Å². The van der Waals surface area contributed by atoms with Gasteiger partial charge in [0.25, 0.3) is 0 Å². The number of fused-ring (bicyclic) bond motifs is 1. The van der Waals surface area contributed by atoms with Crippen LogP contribution in [0.5, 0.6) is 5.75 Å². The maximum atomic E-state index is 13.4. The van der Waals surface area contributed by atoms with Crippen molar-refractivity contribution in [1.29, 1.82) is 0 Å². The average molecular weight is 479 g/mol. The van der Waals surface area contributed by atoms with Gasteiger partial charge < -0.3 is 19.3 Å². The Balaban J connectivity index is 1.80. The standard InChI is InChI=1S/C24H31ClN2O4S/c1-16-12-17(6-7-19(16)25)31-14-20-18-9-11-32-21(18)8-10-26(20)22(28)13-27(24(2,3)4)23(29)15-30-5/h6-7,9,11-12,20H,8,10,13-15H2,1-5H3/t20-/m0/s1. The smallest absolute Gasteiger partial charge is 0.249 e. The number of halogens is 1. The first kappa shape index (κ1) is 24.6. The van der Waals surface area contributed by atoms with Crippen LogP contribution < -0.4 is 4.74 Å². The van der Waals surface area contributed by atoms with E-state index in [1.807, 2.05) is 50.8 Å². The fraction of sp³-hybridized carbons (Fsp3) is 0.500. The van der Waals surface area contributed by atoms with E-state index < -0.39 is 5.54 Å². The summed E-state index contributed by atoms with van der Waals surface area (Å²) in [6.45, 7) is 8.57. The molecule has 1 aromatic heterocycles. The first-order valence-corrected chi connectivity index (χ1v) is 11.9. The van der Waals surface area contributed by atoms with Gasteiger partial charge in [-0.05, 0) is 74.9 Å². The van der Waals surface area contributed by atoms with Gasteiger partial charge in [-0.1, -0.05) is 11.6 Å². The Kier molecular flexibility index (Phi) is 7.85. The molecule has 0 spiro atoms. The Bertz CT molecular complexity index is 969. The number of carbonyl (C=O) groups is 2. The fourth-order valence-corrected chi connectivity index (χ4v) is 4.93. The molecule has 32 heavy (non-hydrogen) atoms. The zero-order valence-corrected chi connectivity index (χ0v) is 20.9. The molecule has 0 N–H and O–H groups in total. The van der Waals surface area contributed by atoms with Gasteiger partial charge in [0.1, 0.15) is 25.5 Å². The van der Waals surface area contributed by atoms with Gasteiger partial charge in [0.05, 0.1) is 6.04 Å². The normalized spacial score (nSPS) is 15.9. The number of amides is 2. The fourth-order valence-electron chi connectivity index (χ4n) is 3.88. The lowest BCUT2D eigenvalue weighted by Gasteiger charge is -2.40. The Morgan fingerprint density at radius 2 is 2.03 bits per heavy atom. The van der Waals surface area contributed by atoms with Crippen molar-refractivity contribution >= 4 is 34.8 Å². The summed E-state index contributed by atoms with van der Waals surface area (Å²) >= 11 is 7.84. The van der Waals surface area contributed by atoms with E-state index in [1.54, 1.807) is 16.2 Å². The van der Waals surface area contributed by atoms with Crippen molar-refractivity contribution in [2.75, 3.05) is 33.4 Å². The second kappa shape index (κ2) is 10.2. The molecule has 3 rings (SSSR count). The predicted octanol–water partition coefficient (Wildman–Crippen LogP) is 4.49. The number of benzene rings is 1. The highest BCUT2D eigenvalue weighted by molar-refractivity contribution is 7.10. The molecule has 8 heteroatoms. The molecule has 0 unspecified atom stereocenters. The van der Waals surface area contributed by atoms with Crippen LogP contribution in [0.25, 0.3) is 0 Å². The van der Waals surface area contributed by atoms with Gasteiger partial charge in [0.15, 0.2) is 0 Å². The van der Waals surface area contributed by atoms with Crippen molar-refractivity contribution in [2.24, 2.45) is 0 Å². The van der Waals surface area contributed by atoms with Crippen LogP contribution in [0.15, 0.2) is 29.6 Å². The number of hydrogen-bond donors (Lipinski definition) is 0. The molecule has 6 nitrogen and oxygen atoms in total. The number of thiophene rings is 1. The predicted molar refractivity (Wildman–Crippen MR) is 128 cm³/mol. The topological polar surface area (TPSA) is 59.1 Å². The maximum absolute atomic E-state index is 13.4. The number of aryl methyl sites for hydroxylation is 1. The van der Waals surface area contributed by atoms with Gasteiger partial charge in [0.2, 0.25) is 11.8 Å². The zero-order valence-electron chi connectivity index (χ0n) is 19.3. The number of carbonyl (C=O) groups excluding carboxylic acids is 2. The van der Waals surface area contributed by atoms with Crippen LogP contribution in [0.4, 0.5) is 0 Å². The highest BCUT2D eigenvalue weighted by Crippen LogP contribution is 2.34. The molecule has 0 aliphatic carbocycles. The van der Waals surface area contributed by atoms with Crippen LogP contribution in [-0.2, 0) is 20.7 Å². The van der Waals surface area contributed by atoms with Gasteiger partial charge in [-0.25, -0.2) is 0 Å². The summed E-state index contributed by atoms with van der Waals surface area (Å²) in [6, 6.07) is 7.40. The highest BCUT2D eigenvalue weighted by atomic mass is 35.5. The molecule has 174 valence electrons. The van der Waals surface area contributed by atoms with E-state index in [4.69, 9.17) is 21.1 Å². The largest absolute Gasteiger partial charge is 0.491 e. The van der Waals surface area contributed by atoms with E-state index in [-0.39, 0.29) is 31.0 Å². The van der Waals surface area contributed by atoms with Crippen molar-refractivity contribution in [3.63, 3.8) is 0 Å².